The number of carbonyl (C=O) groups is 2. The van der Waals surface area contributed by atoms with Crippen LogP contribution >= 0.6 is 0 Å². The number of carbonyl (C=O) groups excluding carboxylic acids is 2. The molecule has 3 atom stereocenters. The highest BCUT2D eigenvalue weighted by Gasteiger charge is 2.44. The Morgan fingerprint density at radius 2 is 2.16 bits per heavy atom. The molecule has 4 rings (SSSR count). The number of hydrogen-bond acceptors (Lipinski definition) is 6. The molecule has 2 amide bonds. The maximum Gasteiger partial charge on any atom is 0.248 e. The number of aliphatic hydroxyl groups is 1. The number of aliphatic hydroxyl groups excluding tert-OH is 1. The number of hydrogen-bond donors (Lipinski definition) is 2. The molecular formula is C23H33N3O5. The first-order chi connectivity index (χ1) is 15.1. The Bertz CT molecular complexity index is 801. The molecule has 31 heavy (non-hydrogen) atoms. The van der Waals surface area contributed by atoms with Gasteiger partial charge in [0.2, 0.25) is 11.8 Å². The molecule has 2 fully saturated rings. The summed E-state index contributed by atoms with van der Waals surface area (Å²) in [5, 5.41) is 12.3. The SMILES string of the molecule is COc1ccc2cc1OCCCCN(C(=O)CO)CC(=O)NC[C@H]1C[C@H]2N2CCC[C@@H]12. The van der Waals surface area contributed by atoms with Crippen molar-refractivity contribution in [1.82, 2.24) is 15.1 Å². The van der Waals surface area contributed by atoms with Crippen LogP contribution in [0.1, 0.15) is 43.7 Å². The summed E-state index contributed by atoms with van der Waals surface area (Å²) < 4.78 is 11.6. The Morgan fingerprint density at radius 1 is 1.29 bits per heavy atom. The molecule has 8 nitrogen and oxygen atoms in total. The first-order valence-corrected chi connectivity index (χ1v) is 11.3. The van der Waals surface area contributed by atoms with Crippen molar-refractivity contribution in [2.75, 3.05) is 46.5 Å². The summed E-state index contributed by atoms with van der Waals surface area (Å²) in [4.78, 5) is 28.6. The number of fused-ring (bicyclic) bond motifs is 8. The largest absolute Gasteiger partial charge is 0.493 e. The first-order valence-electron chi connectivity index (χ1n) is 11.3. The summed E-state index contributed by atoms with van der Waals surface area (Å²) in [5.41, 5.74) is 1.24. The number of nitrogens with one attached hydrogen (secondary N) is 1. The lowest BCUT2D eigenvalue weighted by molar-refractivity contribution is -0.138. The number of nitrogens with zero attached hydrogens (tertiary/aromatic N) is 2. The van der Waals surface area contributed by atoms with Crippen molar-refractivity contribution in [2.45, 2.75) is 44.2 Å². The Hall–Kier alpha value is -2.32. The molecule has 3 aliphatic rings. The normalized spacial score (nSPS) is 27.4. The summed E-state index contributed by atoms with van der Waals surface area (Å²) >= 11 is 0. The van der Waals surface area contributed by atoms with Gasteiger partial charge >= 0.3 is 0 Å². The summed E-state index contributed by atoms with van der Waals surface area (Å²) in [6.07, 6.45) is 4.71. The molecule has 1 aromatic rings. The predicted molar refractivity (Wildman–Crippen MR) is 115 cm³/mol. The zero-order valence-corrected chi connectivity index (χ0v) is 18.2. The molecule has 4 bridgehead atoms. The second-order valence-corrected chi connectivity index (χ2v) is 8.70. The molecule has 0 aliphatic carbocycles. The monoisotopic (exact) mass is 431 g/mol. The van der Waals surface area contributed by atoms with E-state index in [9.17, 15) is 14.7 Å². The van der Waals surface area contributed by atoms with Crippen LogP contribution in [-0.4, -0.2) is 79.3 Å². The molecule has 170 valence electrons. The van der Waals surface area contributed by atoms with Crippen LogP contribution in [0.25, 0.3) is 0 Å². The predicted octanol–water partition coefficient (Wildman–Crippen LogP) is 1.33. The molecule has 0 unspecified atom stereocenters. The molecule has 0 saturated carbocycles. The molecule has 2 N–H and O–H groups in total. The van der Waals surface area contributed by atoms with Gasteiger partial charge in [0.15, 0.2) is 11.5 Å². The van der Waals surface area contributed by atoms with E-state index >= 15 is 0 Å². The summed E-state index contributed by atoms with van der Waals surface area (Å²) in [6.45, 7) is 1.98. The molecule has 8 heteroatoms. The van der Waals surface area contributed by atoms with E-state index in [4.69, 9.17) is 9.47 Å². The highest BCUT2D eigenvalue weighted by atomic mass is 16.5. The van der Waals surface area contributed by atoms with E-state index in [1.165, 1.54) is 16.9 Å². The van der Waals surface area contributed by atoms with Crippen molar-refractivity contribution >= 4 is 11.8 Å². The second kappa shape index (κ2) is 9.87. The van der Waals surface area contributed by atoms with E-state index < -0.39 is 12.5 Å². The zero-order valence-electron chi connectivity index (χ0n) is 18.2. The average molecular weight is 432 g/mol. The Balaban J connectivity index is 1.58. The van der Waals surface area contributed by atoms with Crippen LogP contribution in [0.2, 0.25) is 0 Å². The summed E-state index contributed by atoms with van der Waals surface area (Å²) in [6, 6.07) is 6.99. The minimum absolute atomic E-state index is 0.0162. The third kappa shape index (κ3) is 4.80. The minimum atomic E-state index is -0.588. The van der Waals surface area contributed by atoms with E-state index in [1.807, 2.05) is 6.07 Å². The van der Waals surface area contributed by atoms with E-state index in [0.29, 0.717) is 44.1 Å². The fourth-order valence-electron chi connectivity index (χ4n) is 5.30. The quantitative estimate of drug-likeness (QED) is 0.734. The second-order valence-electron chi connectivity index (χ2n) is 8.70. The van der Waals surface area contributed by atoms with Crippen LogP contribution in [0.5, 0.6) is 11.5 Å². The average Bonchev–Trinajstić information content (AvgIpc) is 3.38. The van der Waals surface area contributed by atoms with Crippen LogP contribution in [0.4, 0.5) is 0 Å². The molecule has 0 aromatic heterocycles. The lowest BCUT2D eigenvalue weighted by Crippen LogP contribution is -2.44. The van der Waals surface area contributed by atoms with Gasteiger partial charge in [0, 0.05) is 25.2 Å². The fourth-order valence-corrected chi connectivity index (χ4v) is 5.30. The van der Waals surface area contributed by atoms with Gasteiger partial charge in [0.1, 0.15) is 6.61 Å². The zero-order chi connectivity index (χ0) is 21.8. The lowest BCUT2D eigenvalue weighted by Gasteiger charge is -2.25. The van der Waals surface area contributed by atoms with E-state index in [1.54, 1.807) is 7.11 Å². The van der Waals surface area contributed by atoms with E-state index in [2.05, 4.69) is 22.3 Å². The molecule has 3 heterocycles. The molecule has 0 spiro atoms. The standard InChI is InChI=1S/C23H33N3O5/c1-30-20-7-6-16-12-21(20)31-10-3-2-8-25(23(29)15-27)14-22(28)24-13-17-11-19(16)26-9-4-5-18(17)26/h6-7,12,17-19,27H,2-5,8-11,13-15H2,1H3,(H,24,28)/t17-,18+,19-/m1/s1. The molecule has 0 radical (unpaired) electrons. The highest BCUT2D eigenvalue weighted by Crippen LogP contribution is 2.46. The Labute approximate surface area is 183 Å². The van der Waals surface area contributed by atoms with Gasteiger partial charge in [-0.2, -0.15) is 0 Å². The van der Waals surface area contributed by atoms with Crippen molar-refractivity contribution in [3.63, 3.8) is 0 Å². The molecule has 3 aliphatic heterocycles. The summed E-state index contributed by atoms with van der Waals surface area (Å²) in [7, 11) is 1.65. The fraction of sp³-hybridized carbons (Fsp3) is 0.652. The third-order valence-corrected chi connectivity index (χ3v) is 6.85. The summed E-state index contributed by atoms with van der Waals surface area (Å²) in [5.74, 6) is 1.27. The Kier molecular flexibility index (Phi) is 6.97. The van der Waals surface area contributed by atoms with E-state index in [0.717, 1.165) is 37.3 Å². The van der Waals surface area contributed by atoms with Crippen molar-refractivity contribution in [3.05, 3.63) is 23.8 Å². The van der Waals surface area contributed by atoms with Crippen molar-refractivity contribution in [2.24, 2.45) is 5.92 Å². The van der Waals surface area contributed by atoms with Crippen molar-refractivity contribution in [3.8, 4) is 11.5 Å². The van der Waals surface area contributed by atoms with Gasteiger partial charge in [-0.3, -0.25) is 14.5 Å². The number of ether oxygens (including phenoxy) is 2. The van der Waals surface area contributed by atoms with Gasteiger partial charge in [-0.25, -0.2) is 0 Å². The minimum Gasteiger partial charge on any atom is -0.493 e. The van der Waals surface area contributed by atoms with Gasteiger partial charge in [0.25, 0.3) is 0 Å². The van der Waals surface area contributed by atoms with Crippen LogP contribution in [0.3, 0.4) is 0 Å². The number of amides is 2. The van der Waals surface area contributed by atoms with Gasteiger partial charge in [0.05, 0.1) is 20.3 Å². The Morgan fingerprint density at radius 3 is 2.97 bits per heavy atom. The van der Waals surface area contributed by atoms with Crippen molar-refractivity contribution < 1.29 is 24.2 Å². The van der Waals surface area contributed by atoms with Crippen LogP contribution in [-0.2, 0) is 9.59 Å². The maximum atomic E-state index is 12.5. The van der Waals surface area contributed by atoms with Crippen LogP contribution in [0.15, 0.2) is 18.2 Å². The van der Waals surface area contributed by atoms with Gasteiger partial charge < -0.3 is 24.8 Å². The molecular weight excluding hydrogens is 398 g/mol. The highest BCUT2D eigenvalue weighted by molar-refractivity contribution is 5.85. The van der Waals surface area contributed by atoms with Crippen LogP contribution in [0, 0.1) is 5.92 Å². The first kappa shape index (κ1) is 21.9. The van der Waals surface area contributed by atoms with Gasteiger partial charge in [-0.15, -0.1) is 0 Å². The molecule has 2 saturated heterocycles. The van der Waals surface area contributed by atoms with Crippen molar-refractivity contribution in [1.29, 1.82) is 0 Å². The number of benzene rings is 1. The lowest BCUT2D eigenvalue weighted by atomic mass is 9.94. The van der Waals surface area contributed by atoms with Crippen LogP contribution < -0.4 is 14.8 Å². The molecule has 1 aromatic carbocycles. The van der Waals surface area contributed by atoms with E-state index in [-0.39, 0.29) is 12.5 Å². The topological polar surface area (TPSA) is 91.3 Å². The number of rotatable bonds is 2. The van der Waals surface area contributed by atoms with Gasteiger partial charge in [-0.1, -0.05) is 6.07 Å². The maximum absolute atomic E-state index is 12.5. The smallest absolute Gasteiger partial charge is 0.248 e. The third-order valence-electron chi connectivity index (χ3n) is 6.85. The number of methoxy groups -OCH3 is 1. The van der Waals surface area contributed by atoms with Gasteiger partial charge in [-0.05, 0) is 62.3 Å².